The van der Waals surface area contributed by atoms with Gasteiger partial charge in [-0.15, -0.1) is 0 Å². The number of methoxy groups -OCH3 is 1. The Balaban J connectivity index is 1.87. The molecule has 0 saturated carbocycles. The van der Waals surface area contributed by atoms with Crippen molar-refractivity contribution in [1.82, 2.24) is 5.32 Å². The van der Waals surface area contributed by atoms with E-state index in [1.165, 1.54) is 19.2 Å². The summed E-state index contributed by atoms with van der Waals surface area (Å²) in [6.45, 7) is 1.08. The van der Waals surface area contributed by atoms with Gasteiger partial charge in [-0.05, 0) is 36.1 Å². The molecule has 1 N–H and O–H groups in total. The first-order valence-corrected chi connectivity index (χ1v) is 8.38. The van der Waals surface area contributed by atoms with Crippen molar-refractivity contribution >= 4 is 5.91 Å². The fourth-order valence-electron chi connectivity index (χ4n) is 3.30. The van der Waals surface area contributed by atoms with Crippen LogP contribution in [-0.4, -0.2) is 26.2 Å². The fraction of sp³-hybridized carbons (Fsp3) is 0.350. The van der Waals surface area contributed by atoms with E-state index in [0.29, 0.717) is 26.1 Å². The average molecular weight is 343 g/mol. The van der Waals surface area contributed by atoms with E-state index in [1.807, 2.05) is 30.3 Å². The quantitative estimate of drug-likeness (QED) is 0.906. The smallest absolute Gasteiger partial charge is 0.254 e. The van der Waals surface area contributed by atoms with Crippen LogP contribution < -0.4 is 5.32 Å². The van der Waals surface area contributed by atoms with Gasteiger partial charge in [0.25, 0.3) is 5.91 Å². The molecule has 1 fully saturated rings. The number of hydrogen-bond donors (Lipinski definition) is 1. The summed E-state index contributed by atoms with van der Waals surface area (Å²) in [6.07, 6.45) is 0.576. The Morgan fingerprint density at radius 3 is 2.36 bits per heavy atom. The van der Waals surface area contributed by atoms with Crippen LogP contribution in [0.2, 0.25) is 0 Å². The van der Waals surface area contributed by atoms with Gasteiger partial charge in [-0.1, -0.05) is 42.5 Å². The molecule has 4 nitrogen and oxygen atoms in total. The molecule has 0 unspecified atom stereocenters. The monoisotopic (exact) mass is 343 g/mol. The molecule has 0 radical (unpaired) electrons. The van der Waals surface area contributed by atoms with Crippen LogP contribution in [0.5, 0.6) is 0 Å². The first-order chi connectivity index (χ1) is 12.1. The van der Waals surface area contributed by atoms with Gasteiger partial charge in [0.15, 0.2) is 6.10 Å². The molecule has 0 spiro atoms. The van der Waals surface area contributed by atoms with E-state index < -0.39 is 11.6 Å². The topological polar surface area (TPSA) is 47.6 Å². The Morgan fingerprint density at radius 1 is 1.12 bits per heavy atom. The molecule has 0 aromatic heterocycles. The second kappa shape index (κ2) is 7.76. The number of hydrogen-bond acceptors (Lipinski definition) is 3. The Bertz CT molecular complexity index is 697. The van der Waals surface area contributed by atoms with Gasteiger partial charge in [0.1, 0.15) is 5.82 Å². The molecule has 3 rings (SSSR count). The van der Waals surface area contributed by atoms with Crippen LogP contribution in [0.25, 0.3) is 0 Å². The minimum Gasteiger partial charge on any atom is -0.381 e. The van der Waals surface area contributed by atoms with Crippen LogP contribution >= 0.6 is 0 Å². The second-order valence-corrected chi connectivity index (χ2v) is 6.22. The SMILES string of the molecule is CO[C@@H](C(=O)NC1(c2ccc(F)cc2)CCOCC1)c1ccccc1. The van der Waals surface area contributed by atoms with Gasteiger partial charge in [0.2, 0.25) is 0 Å². The molecule has 2 aromatic rings. The number of rotatable bonds is 5. The van der Waals surface area contributed by atoms with Crippen molar-refractivity contribution in [3.63, 3.8) is 0 Å². The van der Waals surface area contributed by atoms with Crippen molar-refractivity contribution < 1.29 is 18.7 Å². The van der Waals surface area contributed by atoms with Gasteiger partial charge in [0, 0.05) is 20.3 Å². The number of ether oxygens (including phenoxy) is 2. The highest BCUT2D eigenvalue weighted by Gasteiger charge is 2.38. The molecule has 25 heavy (non-hydrogen) atoms. The van der Waals surface area contributed by atoms with Crippen molar-refractivity contribution in [2.45, 2.75) is 24.5 Å². The summed E-state index contributed by atoms with van der Waals surface area (Å²) in [4.78, 5) is 12.9. The third-order valence-corrected chi connectivity index (χ3v) is 4.68. The summed E-state index contributed by atoms with van der Waals surface area (Å²) >= 11 is 0. The zero-order valence-corrected chi connectivity index (χ0v) is 14.2. The molecule has 1 heterocycles. The molecule has 132 valence electrons. The molecule has 1 aliphatic rings. The molecule has 1 atom stereocenters. The highest BCUT2D eigenvalue weighted by atomic mass is 19.1. The summed E-state index contributed by atoms with van der Waals surface area (Å²) in [5.41, 5.74) is 1.10. The zero-order chi connectivity index (χ0) is 17.7. The van der Waals surface area contributed by atoms with E-state index in [2.05, 4.69) is 5.32 Å². The molecule has 1 amide bonds. The minimum atomic E-state index is -0.693. The van der Waals surface area contributed by atoms with E-state index in [-0.39, 0.29) is 11.7 Å². The lowest BCUT2D eigenvalue weighted by Gasteiger charge is -2.39. The van der Waals surface area contributed by atoms with E-state index in [0.717, 1.165) is 11.1 Å². The van der Waals surface area contributed by atoms with Crippen molar-refractivity contribution in [3.05, 3.63) is 71.5 Å². The molecule has 0 aliphatic carbocycles. The van der Waals surface area contributed by atoms with Crippen molar-refractivity contribution in [2.24, 2.45) is 0 Å². The first kappa shape index (κ1) is 17.6. The minimum absolute atomic E-state index is 0.208. The highest BCUT2D eigenvalue weighted by Crippen LogP contribution is 2.33. The van der Waals surface area contributed by atoms with Gasteiger partial charge >= 0.3 is 0 Å². The molecule has 0 bridgehead atoms. The Morgan fingerprint density at radius 2 is 1.76 bits per heavy atom. The Hall–Kier alpha value is -2.24. The van der Waals surface area contributed by atoms with Crippen molar-refractivity contribution in [3.8, 4) is 0 Å². The number of carbonyl (C=O) groups excluding carboxylic acids is 1. The number of halogens is 1. The summed E-state index contributed by atoms with van der Waals surface area (Å²) in [7, 11) is 1.52. The lowest BCUT2D eigenvalue weighted by Crippen LogP contribution is -2.51. The fourth-order valence-corrected chi connectivity index (χ4v) is 3.30. The molecular formula is C20H22FNO3. The van der Waals surface area contributed by atoms with Crippen LogP contribution in [-0.2, 0) is 19.8 Å². The average Bonchev–Trinajstić information content (AvgIpc) is 2.64. The van der Waals surface area contributed by atoms with Crippen LogP contribution in [0.4, 0.5) is 4.39 Å². The largest absolute Gasteiger partial charge is 0.381 e. The van der Waals surface area contributed by atoms with Crippen LogP contribution in [0, 0.1) is 5.82 Å². The maximum absolute atomic E-state index is 13.3. The predicted molar refractivity (Wildman–Crippen MR) is 92.5 cm³/mol. The van der Waals surface area contributed by atoms with Crippen LogP contribution in [0.3, 0.4) is 0 Å². The van der Waals surface area contributed by atoms with Crippen LogP contribution in [0.15, 0.2) is 54.6 Å². The maximum Gasteiger partial charge on any atom is 0.254 e. The predicted octanol–water partition coefficient (Wildman–Crippen LogP) is 3.34. The Labute approximate surface area is 147 Å². The number of nitrogens with one attached hydrogen (secondary N) is 1. The van der Waals surface area contributed by atoms with Gasteiger partial charge in [-0.2, -0.15) is 0 Å². The van der Waals surface area contributed by atoms with E-state index in [1.54, 1.807) is 12.1 Å². The molecular weight excluding hydrogens is 321 g/mol. The number of carbonyl (C=O) groups is 1. The lowest BCUT2D eigenvalue weighted by atomic mass is 9.82. The lowest BCUT2D eigenvalue weighted by molar-refractivity contribution is -0.135. The maximum atomic E-state index is 13.3. The third kappa shape index (κ3) is 3.89. The molecule has 1 aliphatic heterocycles. The van der Waals surface area contributed by atoms with Crippen LogP contribution in [0.1, 0.15) is 30.1 Å². The first-order valence-electron chi connectivity index (χ1n) is 8.38. The van der Waals surface area contributed by atoms with E-state index >= 15 is 0 Å². The normalized spacial score (nSPS) is 17.7. The van der Waals surface area contributed by atoms with Gasteiger partial charge in [-0.25, -0.2) is 4.39 Å². The molecule has 1 saturated heterocycles. The summed E-state index contributed by atoms with van der Waals surface area (Å²) in [5, 5.41) is 3.15. The standard InChI is InChI=1S/C20H22FNO3/c1-24-18(15-5-3-2-4-6-15)19(23)22-20(11-13-25-14-12-20)16-7-9-17(21)10-8-16/h2-10,18H,11-14H2,1H3,(H,22,23)/t18-/m1/s1. The third-order valence-electron chi connectivity index (χ3n) is 4.68. The molecule has 2 aromatic carbocycles. The zero-order valence-electron chi connectivity index (χ0n) is 14.2. The van der Waals surface area contributed by atoms with Gasteiger partial charge in [-0.3, -0.25) is 4.79 Å². The van der Waals surface area contributed by atoms with Crippen molar-refractivity contribution in [1.29, 1.82) is 0 Å². The number of amides is 1. The summed E-state index contributed by atoms with van der Waals surface area (Å²) < 4.78 is 24.2. The molecule has 5 heteroatoms. The summed E-state index contributed by atoms with van der Waals surface area (Å²) in [5.74, 6) is -0.503. The van der Waals surface area contributed by atoms with Gasteiger partial charge < -0.3 is 14.8 Å². The number of benzene rings is 2. The summed E-state index contributed by atoms with van der Waals surface area (Å²) in [6, 6.07) is 15.7. The Kier molecular flexibility index (Phi) is 5.46. The van der Waals surface area contributed by atoms with Gasteiger partial charge in [0.05, 0.1) is 5.54 Å². The second-order valence-electron chi connectivity index (χ2n) is 6.22. The van der Waals surface area contributed by atoms with E-state index in [9.17, 15) is 9.18 Å². The van der Waals surface area contributed by atoms with E-state index in [4.69, 9.17) is 9.47 Å². The van der Waals surface area contributed by atoms with Crippen molar-refractivity contribution in [2.75, 3.05) is 20.3 Å². The highest BCUT2D eigenvalue weighted by molar-refractivity contribution is 5.83.